The number of ether oxygens (including phenoxy) is 1. The highest BCUT2D eigenvalue weighted by Gasteiger charge is 2.43. The minimum atomic E-state index is -1.21. The van der Waals surface area contributed by atoms with Crippen LogP contribution < -0.4 is 10.6 Å². The number of fused-ring (bicyclic) bond motifs is 3. The molecule has 2 aromatic rings. The van der Waals surface area contributed by atoms with Crippen LogP contribution in [0.5, 0.6) is 0 Å². The molecule has 0 aromatic heterocycles. The van der Waals surface area contributed by atoms with Crippen molar-refractivity contribution in [3.8, 4) is 11.1 Å². The van der Waals surface area contributed by atoms with E-state index in [9.17, 15) is 19.5 Å². The molecule has 0 spiro atoms. The van der Waals surface area contributed by atoms with Crippen molar-refractivity contribution < 1.29 is 24.2 Å². The Morgan fingerprint density at radius 3 is 2.06 bits per heavy atom. The van der Waals surface area contributed by atoms with E-state index in [-0.39, 0.29) is 24.9 Å². The van der Waals surface area contributed by atoms with Crippen LogP contribution in [0.15, 0.2) is 48.5 Å². The lowest BCUT2D eigenvalue weighted by Gasteiger charge is -2.32. The van der Waals surface area contributed by atoms with Gasteiger partial charge < -0.3 is 20.5 Å². The molecule has 2 aliphatic rings. The number of hydrogen-bond acceptors (Lipinski definition) is 4. The number of aliphatic carboxylic acids is 1. The van der Waals surface area contributed by atoms with E-state index in [2.05, 4.69) is 34.9 Å². The van der Waals surface area contributed by atoms with Crippen molar-refractivity contribution in [2.45, 2.75) is 70.4 Å². The fraction of sp³-hybridized carbons (Fsp3) is 0.464. The van der Waals surface area contributed by atoms with Crippen LogP contribution in [0.3, 0.4) is 0 Å². The Balaban J connectivity index is 1.40. The predicted octanol–water partition coefficient (Wildman–Crippen LogP) is 4.84. The van der Waals surface area contributed by atoms with E-state index >= 15 is 0 Å². The minimum absolute atomic E-state index is 0.0251. The number of carboxylic acid groups (broad SMARTS) is 1. The molecule has 0 heterocycles. The Morgan fingerprint density at radius 2 is 1.54 bits per heavy atom. The normalized spacial score (nSPS) is 17.2. The Hall–Kier alpha value is -3.35. The summed E-state index contributed by atoms with van der Waals surface area (Å²) in [4.78, 5) is 37.4. The van der Waals surface area contributed by atoms with Gasteiger partial charge in [0.25, 0.3) is 0 Å². The topological polar surface area (TPSA) is 105 Å². The van der Waals surface area contributed by atoms with Gasteiger partial charge >= 0.3 is 12.1 Å². The van der Waals surface area contributed by atoms with Crippen molar-refractivity contribution in [2.75, 3.05) is 6.61 Å². The van der Waals surface area contributed by atoms with Crippen LogP contribution in [0.4, 0.5) is 4.79 Å². The van der Waals surface area contributed by atoms with Crippen LogP contribution in [-0.2, 0) is 14.3 Å². The molecule has 0 aliphatic heterocycles. The summed E-state index contributed by atoms with van der Waals surface area (Å²) in [6.45, 7) is 5.97. The number of carbonyl (C=O) groups is 3. The van der Waals surface area contributed by atoms with Crippen molar-refractivity contribution in [3.05, 3.63) is 59.7 Å². The lowest BCUT2D eigenvalue weighted by Crippen LogP contribution is -2.55. The Morgan fingerprint density at radius 1 is 1.00 bits per heavy atom. The van der Waals surface area contributed by atoms with Gasteiger partial charge in [-0.25, -0.2) is 9.59 Å². The molecule has 186 valence electrons. The lowest BCUT2D eigenvalue weighted by atomic mass is 9.84. The molecule has 1 atom stereocenters. The third kappa shape index (κ3) is 5.19. The second-order valence-electron chi connectivity index (χ2n) is 10.7. The second-order valence-corrected chi connectivity index (χ2v) is 10.7. The molecule has 1 unspecified atom stereocenters. The summed E-state index contributed by atoms with van der Waals surface area (Å²) in [5.41, 5.74) is 2.92. The Labute approximate surface area is 206 Å². The van der Waals surface area contributed by atoms with E-state index in [4.69, 9.17) is 4.74 Å². The highest BCUT2D eigenvalue weighted by atomic mass is 16.5. The molecule has 2 aliphatic carbocycles. The van der Waals surface area contributed by atoms with Crippen LogP contribution in [0.2, 0.25) is 0 Å². The molecule has 3 N–H and O–H groups in total. The summed E-state index contributed by atoms with van der Waals surface area (Å²) in [6, 6.07) is 15.7. The third-order valence-electron chi connectivity index (χ3n) is 7.32. The number of hydrogen-bond donors (Lipinski definition) is 3. The molecule has 2 amide bonds. The molecular formula is C28H34N2O5. The van der Waals surface area contributed by atoms with E-state index in [1.54, 1.807) is 0 Å². The zero-order chi connectivity index (χ0) is 25.2. The third-order valence-corrected chi connectivity index (χ3v) is 7.32. The lowest BCUT2D eigenvalue weighted by molar-refractivity contribution is -0.147. The van der Waals surface area contributed by atoms with Gasteiger partial charge in [0.05, 0.1) is 0 Å². The predicted molar refractivity (Wildman–Crippen MR) is 133 cm³/mol. The van der Waals surface area contributed by atoms with Gasteiger partial charge in [-0.3, -0.25) is 4.79 Å². The first-order valence-electron chi connectivity index (χ1n) is 12.3. The van der Waals surface area contributed by atoms with Crippen molar-refractivity contribution in [1.29, 1.82) is 0 Å². The maximum Gasteiger partial charge on any atom is 0.407 e. The van der Waals surface area contributed by atoms with Crippen molar-refractivity contribution in [2.24, 2.45) is 5.41 Å². The Bertz CT molecular complexity index is 1070. The number of alkyl carbamates (subject to hydrolysis) is 1. The average molecular weight is 479 g/mol. The number of benzene rings is 2. The van der Waals surface area contributed by atoms with Crippen molar-refractivity contribution in [1.82, 2.24) is 10.6 Å². The first-order chi connectivity index (χ1) is 16.6. The number of amides is 2. The van der Waals surface area contributed by atoms with E-state index < -0.39 is 29.1 Å². The molecule has 4 rings (SSSR count). The van der Waals surface area contributed by atoms with Crippen molar-refractivity contribution >= 4 is 18.0 Å². The molecule has 1 fully saturated rings. The van der Waals surface area contributed by atoms with E-state index in [1.807, 2.05) is 45.0 Å². The SMILES string of the molecule is CC(C)(C)C(CC(=O)NC1(C(=O)O)CCCC1)NC(=O)OCC1c2ccccc2-c2ccccc21. The number of rotatable bonds is 7. The maximum atomic E-state index is 12.8. The molecule has 0 bridgehead atoms. The molecule has 1 saturated carbocycles. The maximum absolute atomic E-state index is 12.8. The molecule has 7 heteroatoms. The van der Waals surface area contributed by atoms with E-state index in [1.165, 1.54) is 0 Å². The molecular weight excluding hydrogens is 444 g/mol. The zero-order valence-corrected chi connectivity index (χ0v) is 20.6. The summed E-state index contributed by atoms with van der Waals surface area (Å²) in [6.07, 6.45) is 1.78. The quantitative estimate of drug-likeness (QED) is 0.528. The van der Waals surface area contributed by atoms with Crippen LogP contribution in [-0.4, -0.2) is 41.3 Å². The van der Waals surface area contributed by atoms with Gasteiger partial charge in [0.2, 0.25) is 5.91 Å². The fourth-order valence-corrected chi connectivity index (χ4v) is 5.23. The summed E-state index contributed by atoms with van der Waals surface area (Å²) < 4.78 is 5.66. The number of carboxylic acids is 1. The van der Waals surface area contributed by atoms with E-state index in [0.717, 1.165) is 35.1 Å². The van der Waals surface area contributed by atoms with Crippen LogP contribution in [0.25, 0.3) is 11.1 Å². The number of carbonyl (C=O) groups excluding carboxylic acids is 2. The van der Waals surface area contributed by atoms with Gasteiger partial charge in [0.1, 0.15) is 12.1 Å². The van der Waals surface area contributed by atoms with Gasteiger partial charge in [0, 0.05) is 18.4 Å². The summed E-state index contributed by atoms with van der Waals surface area (Å²) in [5, 5.41) is 15.3. The van der Waals surface area contributed by atoms with Crippen LogP contribution in [0.1, 0.15) is 69.9 Å². The van der Waals surface area contributed by atoms with Gasteiger partial charge in [-0.15, -0.1) is 0 Å². The molecule has 35 heavy (non-hydrogen) atoms. The summed E-state index contributed by atoms with van der Waals surface area (Å²) >= 11 is 0. The Kier molecular flexibility index (Phi) is 6.88. The van der Waals surface area contributed by atoms with Crippen molar-refractivity contribution in [3.63, 3.8) is 0 Å². The minimum Gasteiger partial charge on any atom is -0.480 e. The summed E-state index contributed by atoms with van der Waals surface area (Å²) in [5.74, 6) is -1.43. The van der Waals surface area contributed by atoms with E-state index in [0.29, 0.717) is 12.8 Å². The van der Waals surface area contributed by atoms with Crippen LogP contribution >= 0.6 is 0 Å². The van der Waals surface area contributed by atoms with Crippen LogP contribution in [0, 0.1) is 5.41 Å². The molecule has 7 nitrogen and oxygen atoms in total. The molecule has 0 radical (unpaired) electrons. The first-order valence-corrected chi connectivity index (χ1v) is 12.3. The van der Waals surface area contributed by atoms with Gasteiger partial charge in [-0.2, -0.15) is 0 Å². The van der Waals surface area contributed by atoms with Gasteiger partial charge in [-0.1, -0.05) is 82.1 Å². The zero-order valence-electron chi connectivity index (χ0n) is 20.6. The highest BCUT2D eigenvalue weighted by molar-refractivity contribution is 5.88. The monoisotopic (exact) mass is 478 g/mol. The standard InChI is InChI=1S/C28H34N2O5/c1-27(2,3)23(16-24(31)30-28(25(32)33)14-8-9-15-28)29-26(34)35-17-22-20-12-6-4-10-18(20)19-11-5-7-13-21(19)22/h4-7,10-13,22-23H,8-9,14-17H2,1-3H3,(H,29,34)(H,30,31)(H,32,33). The average Bonchev–Trinajstić information content (AvgIpc) is 3.40. The molecule has 2 aromatic carbocycles. The number of nitrogens with one attached hydrogen (secondary N) is 2. The van der Waals surface area contributed by atoms with Gasteiger partial charge in [-0.05, 0) is 40.5 Å². The highest BCUT2D eigenvalue weighted by Crippen LogP contribution is 2.44. The second kappa shape index (κ2) is 9.72. The summed E-state index contributed by atoms with van der Waals surface area (Å²) in [7, 11) is 0. The molecule has 0 saturated heterocycles. The smallest absolute Gasteiger partial charge is 0.407 e. The first kappa shape index (κ1) is 24.8. The largest absolute Gasteiger partial charge is 0.480 e. The van der Waals surface area contributed by atoms with Gasteiger partial charge in [0.15, 0.2) is 0 Å². The fourth-order valence-electron chi connectivity index (χ4n) is 5.23.